The van der Waals surface area contributed by atoms with E-state index in [0.29, 0.717) is 33.9 Å². The smallest absolute Gasteiger partial charge is 0.420 e. The number of benzene rings is 1. The van der Waals surface area contributed by atoms with Crippen LogP contribution in [0.4, 0.5) is 10.6 Å². The van der Waals surface area contributed by atoms with Gasteiger partial charge in [0.1, 0.15) is 23.8 Å². The topological polar surface area (TPSA) is 78.1 Å². The average molecular weight is 475 g/mol. The van der Waals surface area contributed by atoms with E-state index >= 15 is 0 Å². The number of carbonyl (C=O) groups excluding carboxylic acids is 1. The van der Waals surface area contributed by atoms with Crippen molar-refractivity contribution in [2.24, 2.45) is 0 Å². The average Bonchev–Trinajstić information content (AvgIpc) is 3.36. The van der Waals surface area contributed by atoms with E-state index in [1.165, 1.54) is 11.2 Å². The minimum absolute atomic E-state index is 0.400. The molecule has 0 saturated heterocycles. The number of nitrogens with zero attached hydrogens (tertiary/aromatic N) is 6. The number of rotatable bonds is 3. The highest BCUT2D eigenvalue weighted by Gasteiger charge is 2.39. The molecular weight excluding hydrogens is 451 g/mol. The molecule has 1 aliphatic heterocycles. The lowest BCUT2D eigenvalue weighted by Crippen LogP contribution is -2.41. The third-order valence-electron chi connectivity index (χ3n) is 5.11. The summed E-state index contributed by atoms with van der Waals surface area (Å²) < 4.78 is 9.25. The van der Waals surface area contributed by atoms with Gasteiger partial charge in [-0.2, -0.15) is 10.2 Å². The summed E-state index contributed by atoms with van der Waals surface area (Å²) in [5.74, 6) is 1.22. The molecule has 0 bridgehead atoms. The number of hydrogen-bond acceptors (Lipinski definition) is 5. The molecule has 32 heavy (non-hydrogen) atoms. The fourth-order valence-corrected chi connectivity index (χ4v) is 4.12. The second-order valence-corrected chi connectivity index (χ2v) is 9.24. The van der Waals surface area contributed by atoms with Gasteiger partial charge < -0.3 is 4.74 Å². The Bertz CT molecular complexity index is 1210. The lowest BCUT2D eigenvalue weighted by Gasteiger charge is -2.36. The van der Waals surface area contributed by atoms with Crippen molar-refractivity contribution in [2.45, 2.75) is 52.8 Å². The molecule has 3 aromatic rings. The summed E-state index contributed by atoms with van der Waals surface area (Å²) >= 11 is 12.5. The van der Waals surface area contributed by atoms with Gasteiger partial charge in [0.2, 0.25) is 0 Å². The van der Waals surface area contributed by atoms with Crippen LogP contribution in [0.1, 0.15) is 52.0 Å². The third kappa shape index (κ3) is 3.89. The van der Waals surface area contributed by atoms with Crippen LogP contribution in [0.15, 0.2) is 42.5 Å². The second-order valence-electron chi connectivity index (χ2n) is 8.42. The SMILES string of the molecule is CCn1ncnc1C1=C(C)N(C(=O)OC(C)(C)C)c2ccnn2[C@@H]1c1ccc(Cl)c(Cl)c1. The molecule has 0 unspecified atom stereocenters. The number of anilines is 1. The number of allylic oxidation sites excluding steroid dienone is 2. The third-order valence-corrected chi connectivity index (χ3v) is 5.85. The molecule has 10 heteroatoms. The standard InChI is InChI=1S/C22H24Cl2N6O2/c1-6-28-20(25-12-27-28)18-13(2)29(21(31)32-22(3,4)5)17-9-10-26-30(17)19(18)14-7-8-15(23)16(24)11-14/h7-12,19H,6H2,1-5H3/t19-/m1/s1. The van der Waals surface area contributed by atoms with Gasteiger partial charge in [0.15, 0.2) is 5.82 Å². The lowest BCUT2D eigenvalue weighted by atomic mass is 9.94. The van der Waals surface area contributed by atoms with Gasteiger partial charge >= 0.3 is 6.09 Å². The van der Waals surface area contributed by atoms with Crippen molar-refractivity contribution in [1.82, 2.24) is 24.5 Å². The largest absolute Gasteiger partial charge is 0.443 e. The van der Waals surface area contributed by atoms with E-state index in [4.69, 9.17) is 27.9 Å². The van der Waals surface area contributed by atoms with Crippen molar-refractivity contribution in [2.75, 3.05) is 4.90 Å². The van der Waals surface area contributed by atoms with Crippen molar-refractivity contribution < 1.29 is 9.53 Å². The maximum atomic E-state index is 13.2. The highest BCUT2D eigenvalue weighted by Crippen LogP contribution is 2.44. The Morgan fingerprint density at radius 2 is 1.91 bits per heavy atom. The van der Waals surface area contributed by atoms with Crippen molar-refractivity contribution in [3.8, 4) is 0 Å². The zero-order valence-electron chi connectivity index (χ0n) is 18.5. The maximum absolute atomic E-state index is 13.2. The Balaban J connectivity index is 1.97. The van der Waals surface area contributed by atoms with E-state index in [-0.39, 0.29) is 0 Å². The van der Waals surface area contributed by atoms with Gasteiger partial charge in [-0.25, -0.2) is 24.0 Å². The molecular formula is C22H24Cl2N6O2. The normalized spacial score (nSPS) is 16.3. The zero-order chi connectivity index (χ0) is 23.2. The maximum Gasteiger partial charge on any atom is 0.420 e. The van der Waals surface area contributed by atoms with Gasteiger partial charge in [-0.15, -0.1) is 0 Å². The number of halogens is 2. The summed E-state index contributed by atoms with van der Waals surface area (Å²) in [5.41, 5.74) is 1.64. The Morgan fingerprint density at radius 1 is 1.16 bits per heavy atom. The summed E-state index contributed by atoms with van der Waals surface area (Å²) in [4.78, 5) is 19.3. The number of fused-ring (bicyclic) bond motifs is 1. The van der Waals surface area contributed by atoms with Crippen LogP contribution in [-0.2, 0) is 11.3 Å². The molecule has 0 spiro atoms. The Morgan fingerprint density at radius 3 is 2.56 bits per heavy atom. The van der Waals surface area contributed by atoms with Crippen LogP contribution >= 0.6 is 23.2 Å². The number of carbonyl (C=O) groups is 1. The van der Waals surface area contributed by atoms with Crippen LogP contribution in [0.2, 0.25) is 10.0 Å². The first-order valence-corrected chi connectivity index (χ1v) is 11.0. The van der Waals surface area contributed by atoms with E-state index < -0.39 is 17.7 Å². The second kappa shape index (κ2) is 8.26. The van der Waals surface area contributed by atoms with Crippen LogP contribution in [-0.4, -0.2) is 36.2 Å². The molecule has 1 aromatic carbocycles. The predicted octanol–water partition coefficient (Wildman–Crippen LogP) is 5.58. The molecule has 4 rings (SSSR count). The first kappa shape index (κ1) is 22.4. The van der Waals surface area contributed by atoms with Crippen LogP contribution in [0.5, 0.6) is 0 Å². The fraction of sp³-hybridized carbons (Fsp3) is 0.364. The molecule has 8 nitrogen and oxygen atoms in total. The molecule has 1 aliphatic rings. The number of aromatic nitrogens is 5. The number of hydrogen-bond donors (Lipinski definition) is 0. The van der Waals surface area contributed by atoms with Crippen LogP contribution in [0.3, 0.4) is 0 Å². The molecule has 1 amide bonds. The molecule has 168 valence electrons. The molecule has 0 aliphatic carbocycles. The molecule has 0 radical (unpaired) electrons. The number of amides is 1. The van der Waals surface area contributed by atoms with Gasteiger partial charge in [0.05, 0.1) is 16.2 Å². The fourth-order valence-electron chi connectivity index (χ4n) is 3.81. The van der Waals surface area contributed by atoms with E-state index in [1.54, 1.807) is 27.7 Å². The summed E-state index contributed by atoms with van der Waals surface area (Å²) in [7, 11) is 0. The van der Waals surface area contributed by atoms with Gasteiger partial charge in [-0.1, -0.05) is 29.3 Å². The summed E-state index contributed by atoms with van der Waals surface area (Å²) in [6, 6.07) is 6.83. The Hall–Kier alpha value is -2.84. The molecule has 3 heterocycles. The Labute approximate surface area is 196 Å². The van der Waals surface area contributed by atoms with Gasteiger partial charge in [0.25, 0.3) is 0 Å². The van der Waals surface area contributed by atoms with Gasteiger partial charge in [-0.3, -0.25) is 0 Å². The van der Waals surface area contributed by atoms with E-state index in [1.807, 2.05) is 46.8 Å². The number of aryl methyl sites for hydroxylation is 1. The first-order valence-electron chi connectivity index (χ1n) is 10.2. The van der Waals surface area contributed by atoms with Crippen molar-refractivity contribution in [3.63, 3.8) is 0 Å². The van der Waals surface area contributed by atoms with Gasteiger partial charge in [0, 0.05) is 23.9 Å². The van der Waals surface area contributed by atoms with Crippen molar-refractivity contribution in [1.29, 1.82) is 0 Å². The quantitative estimate of drug-likeness (QED) is 0.495. The minimum atomic E-state index is -0.660. The first-order chi connectivity index (χ1) is 15.1. The highest BCUT2D eigenvalue weighted by atomic mass is 35.5. The lowest BCUT2D eigenvalue weighted by molar-refractivity contribution is 0.0589. The molecule has 1 atom stereocenters. The van der Waals surface area contributed by atoms with E-state index in [2.05, 4.69) is 15.2 Å². The molecule has 2 aromatic heterocycles. The summed E-state index contributed by atoms with van der Waals surface area (Å²) in [6.07, 6.45) is 2.66. The highest BCUT2D eigenvalue weighted by molar-refractivity contribution is 6.42. The molecule has 0 saturated carbocycles. The summed E-state index contributed by atoms with van der Waals surface area (Å²) in [6.45, 7) is 9.96. The number of ether oxygens (including phenoxy) is 1. The van der Waals surface area contributed by atoms with Crippen LogP contribution in [0, 0.1) is 0 Å². The Kier molecular flexibility index (Phi) is 5.77. The van der Waals surface area contributed by atoms with Crippen LogP contribution in [0.25, 0.3) is 5.57 Å². The minimum Gasteiger partial charge on any atom is -0.443 e. The molecule has 0 N–H and O–H groups in total. The van der Waals surface area contributed by atoms with E-state index in [9.17, 15) is 4.79 Å². The van der Waals surface area contributed by atoms with Gasteiger partial charge in [-0.05, 0) is 52.3 Å². The van der Waals surface area contributed by atoms with E-state index in [0.717, 1.165) is 11.1 Å². The summed E-state index contributed by atoms with van der Waals surface area (Å²) in [5, 5.41) is 9.77. The van der Waals surface area contributed by atoms with Crippen LogP contribution < -0.4 is 4.90 Å². The van der Waals surface area contributed by atoms with Crippen molar-refractivity contribution >= 4 is 40.7 Å². The predicted molar refractivity (Wildman–Crippen MR) is 124 cm³/mol. The monoisotopic (exact) mass is 474 g/mol. The molecule has 0 fully saturated rings. The zero-order valence-corrected chi connectivity index (χ0v) is 20.0. The van der Waals surface area contributed by atoms with Crippen molar-refractivity contribution in [3.05, 3.63) is 63.9 Å².